The van der Waals surface area contributed by atoms with Crippen molar-refractivity contribution < 1.29 is 4.74 Å². The van der Waals surface area contributed by atoms with Crippen molar-refractivity contribution in [3.63, 3.8) is 0 Å². The molecule has 0 saturated carbocycles. The third-order valence-electron chi connectivity index (χ3n) is 4.09. The number of methoxy groups -OCH3 is 1. The number of rotatable bonds is 6. The van der Waals surface area contributed by atoms with Crippen molar-refractivity contribution in [3.05, 3.63) is 69.6 Å². The zero-order chi connectivity index (χ0) is 20.1. The van der Waals surface area contributed by atoms with Gasteiger partial charge in [-0.1, -0.05) is 36.7 Å². The molecular formula is C20H21ClN4O2S. The van der Waals surface area contributed by atoms with Gasteiger partial charge in [0.2, 0.25) is 0 Å². The molecule has 1 aromatic heterocycles. The van der Waals surface area contributed by atoms with Crippen molar-refractivity contribution in [2.75, 3.05) is 7.11 Å². The van der Waals surface area contributed by atoms with Crippen LogP contribution in [0.25, 0.3) is 5.69 Å². The van der Waals surface area contributed by atoms with Crippen LogP contribution in [-0.2, 0) is 12.8 Å². The van der Waals surface area contributed by atoms with Crippen LogP contribution in [0.3, 0.4) is 0 Å². The third kappa shape index (κ3) is 4.48. The topological polar surface area (TPSA) is 61.4 Å². The molecule has 0 aliphatic heterocycles. The van der Waals surface area contributed by atoms with Gasteiger partial charge in [0.25, 0.3) is 0 Å². The molecule has 0 saturated heterocycles. The summed E-state index contributed by atoms with van der Waals surface area (Å²) in [6.07, 6.45) is 0.811. The van der Waals surface area contributed by atoms with Crippen molar-refractivity contribution in [1.29, 1.82) is 0 Å². The zero-order valence-corrected chi connectivity index (χ0v) is 17.5. The van der Waals surface area contributed by atoms with E-state index in [4.69, 9.17) is 21.3 Å². The first kappa shape index (κ1) is 20.2. The maximum absolute atomic E-state index is 12.5. The van der Waals surface area contributed by atoms with Crippen molar-refractivity contribution in [2.24, 2.45) is 12.0 Å². The molecule has 0 bridgehead atoms. The highest BCUT2D eigenvalue weighted by atomic mass is 35.5. The van der Waals surface area contributed by atoms with E-state index in [0.717, 1.165) is 28.4 Å². The summed E-state index contributed by atoms with van der Waals surface area (Å²) < 4.78 is 8.03. The summed E-state index contributed by atoms with van der Waals surface area (Å²) in [5, 5.41) is 5.82. The molecule has 0 fully saturated rings. The highest BCUT2D eigenvalue weighted by Gasteiger charge is 2.16. The molecule has 0 atom stereocenters. The predicted molar refractivity (Wildman–Crippen MR) is 115 cm³/mol. The molecule has 0 spiro atoms. The number of hydrogen-bond donors (Lipinski definition) is 0. The molecule has 3 rings (SSSR count). The molecule has 0 unspecified atom stereocenters. The second-order valence-electron chi connectivity index (χ2n) is 5.98. The van der Waals surface area contributed by atoms with Crippen LogP contribution in [0.15, 0.2) is 58.3 Å². The van der Waals surface area contributed by atoms with E-state index >= 15 is 0 Å². The summed E-state index contributed by atoms with van der Waals surface area (Å²) in [5.41, 5.74) is 2.37. The number of aromatic nitrogens is 3. The Labute approximate surface area is 172 Å². The Bertz CT molecular complexity index is 1040. The monoisotopic (exact) mass is 416 g/mol. The molecule has 8 heteroatoms. The van der Waals surface area contributed by atoms with E-state index in [2.05, 4.69) is 12.0 Å². The van der Waals surface area contributed by atoms with Crippen LogP contribution in [0.5, 0.6) is 6.01 Å². The van der Waals surface area contributed by atoms with Crippen molar-refractivity contribution in [3.8, 4) is 11.7 Å². The number of nitrogens with zero attached hydrogens (tertiary/aromatic N) is 4. The van der Waals surface area contributed by atoms with Crippen LogP contribution < -0.4 is 10.4 Å². The average Bonchev–Trinajstić information content (AvgIpc) is 3.00. The summed E-state index contributed by atoms with van der Waals surface area (Å²) in [5.74, 6) is 0.668. The molecule has 28 heavy (non-hydrogen) atoms. The second kappa shape index (κ2) is 9.12. The molecule has 146 valence electrons. The minimum Gasteiger partial charge on any atom is -0.467 e. The summed E-state index contributed by atoms with van der Waals surface area (Å²) in [7, 11) is 3.11. The molecule has 6 nitrogen and oxygen atoms in total. The lowest BCUT2D eigenvalue weighted by molar-refractivity contribution is 0.368. The summed E-state index contributed by atoms with van der Waals surface area (Å²) in [6, 6.07) is 15.4. The van der Waals surface area contributed by atoms with E-state index < -0.39 is 0 Å². The molecule has 0 amide bonds. The van der Waals surface area contributed by atoms with Crippen molar-refractivity contribution in [2.45, 2.75) is 19.1 Å². The highest BCUT2D eigenvalue weighted by molar-refractivity contribution is 8.13. The van der Waals surface area contributed by atoms with E-state index in [0.29, 0.717) is 10.8 Å². The third-order valence-corrected chi connectivity index (χ3v) is 5.51. The van der Waals surface area contributed by atoms with Gasteiger partial charge in [-0.15, -0.1) is 16.9 Å². The van der Waals surface area contributed by atoms with Gasteiger partial charge in [-0.25, -0.2) is 19.0 Å². The summed E-state index contributed by atoms with van der Waals surface area (Å²) >= 11 is 7.58. The largest absolute Gasteiger partial charge is 0.467 e. The first-order valence-electron chi connectivity index (χ1n) is 8.77. The maximum Gasteiger partial charge on any atom is 0.353 e. The van der Waals surface area contributed by atoms with Crippen LogP contribution in [0.2, 0.25) is 5.02 Å². The van der Waals surface area contributed by atoms with Gasteiger partial charge in [-0.3, -0.25) is 0 Å². The first-order chi connectivity index (χ1) is 13.5. The van der Waals surface area contributed by atoms with Gasteiger partial charge in [0.1, 0.15) is 0 Å². The van der Waals surface area contributed by atoms with Crippen molar-refractivity contribution >= 4 is 34.1 Å². The Kier molecular flexibility index (Phi) is 6.59. The SMILES string of the molecule is CC/C(=N\c1ccc(Cl)cc1)SCc1ccccc1-n1c(OC)nn(C)c1=O. The molecule has 1 heterocycles. The molecule has 0 radical (unpaired) electrons. The Balaban J connectivity index is 1.88. The van der Waals surface area contributed by atoms with E-state index in [1.54, 1.807) is 18.8 Å². The molecule has 2 aromatic carbocycles. The highest BCUT2D eigenvalue weighted by Crippen LogP contribution is 2.25. The van der Waals surface area contributed by atoms with E-state index in [1.807, 2.05) is 48.5 Å². The fourth-order valence-electron chi connectivity index (χ4n) is 2.67. The average molecular weight is 417 g/mol. The van der Waals surface area contributed by atoms with Gasteiger partial charge in [0.15, 0.2) is 0 Å². The van der Waals surface area contributed by atoms with Crippen LogP contribution in [0.4, 0.5) is 5.69 Å². The molecular weight excluding hydrogens is 396 g/mol. The fourth-order valence-corrected chi connectivity index (χ4v) is 3.73. The number of thioether (sulfide) groups is 1. The number of aryl methyl sites for hydroxylation is 1. The van der Waals surface area contributed by atoms with Crippen LogP contribution >= 0.6 is 23.4 Å². The number of benzene rings is 2. The van der Waals surface area contributed by atoms with Gasteiger partial charge < -0.3 is 4.74 Å². The van der Waals surface area contributed by atoms with Gasteiger partial charge in [0, 0.05) is 17.8 Å². The van der Waals surface area contributed by atoms with Crippen LogP contribution in [-0.4, -0.2) is 26.5 Å². The summed E-state index contributed by atoms with van der Waals surface area (Å²) in [6.45, 7) is 2.07. The molecule has 3 aromatic rings. The first-order valence-corrected chi connectivity index (χ1v) is 10.1. The van der Waals surface area contributed by atoms with Gasteiger partial charge in [-0.2, -0.15) is 0 Å². The standard InChI is InChI=1S/C20H21ClN4O2S/c1-4-18(22-16-11-9-15(21)10-12-16)28-13-14-7-5-6-8-17(14)25-19(27-3)23-24(2)20(25)26/h5-12H,4,13H2,1-3H3/b22-18+. The summed E-state index contributed by atoms with van der Waals surface area (Å²) in [4.78, 5) is 17.2. The smallest absolute Gasteiger partial charge is 0.353 e. The van der Waals surface area contributed by atoms with E-state index in [1.165, 1.54) is 16.4 Å². The quantitative estimate of drug-likeness (QED) is 0.435. The van der Waals surface area contributed by atoms with Crippen LogP contribution in [0.1, 0.15) is 18.9 Å². The lowest BCUT2D eigenvalue weighted by atomic mass is 10.2. The predicted octanol–water partition coefficient (Wildman–Crippen LogP) is 4.61. The Morgan fingerprint density at radius 1 is 1.21 bits per heavy atom. The molecule has 0 N–H and O–H groups in total. The number of para-hydroxylation sites is 1. The van der Waals surface area contributed by atoms with Gasteiger partial charge in [0.05, 0.1) is 23.5 Å². The minimum atomic E-state index is -0.250. The minimum absolute atomic E-state index is 0.250. The Morgan fingerprint density at radius 2 is 1.93 bits per heavy atom. The lowest BCUT2D eigenvalue weighted by Gasteiger charge is -2.11. The van der Waals surface area contributed by atoms with Gasteiger partial charge in [-0.05, 0) is 42.3 Å². The van der Waals surface area contributed by atoms with Crippen molar-refractivity contribution in [1.82, 2.24) is 14.3 Å². The maximum atomic E-state index is 12.5. The number of halogens is 1. The Morgan fingerprint density at radius 3 is 2.61 bits per heavy atom. The van der Waals surface area contributed by atoms with E-state index in [9.17, 15) is 4.79 Å². The normalized spacial score (nSPS) is 11.6. The zero-order valence-electron chi connectivity index (χ0n) is 15.9. The van der Waals surface area contributed by atoms with E-state index in [-0.39, 0.29) is 11.7 Å². The number of hydrogen-bond acceptors (Lipinski definition) is 5. The number of aliphatic imine (C=N–C) groups is 1. The fraction of sp³-hybridized carbons (Fsp3) is 0.250. The van der Waals surface area contributed by atoms with Gasteiger partial charge >= 0.3 is 11.7 Å². The molecule has 0 aliphatic rings. The Hall–Kier alpha value is -2.51. The van der Waals surface area contributed by atoms with Crippen LogP contribution in [0, 0.1) is 0 Å². The molecule has 0 aliphatic carbocycles. The lowest BCUT2D eigenvalue weighted by Crippen LogP contribution is -2.22. The second-order valence-corrected chi connectivity index (χ2v) is 7.47. The number of ether oxygens (including phenoxy) is 1.